The van der Waals surface area contributed by atoms with Gasteiger partial charge < -0.3 is 20.4 Å². The molecule has 1 aromatic rings. The van der Waals surface area contributed by atoms with E-state index in [4.69, 9.17) is 10.6 Å². The Morgan fingerprint density at radius 1 is 1.30 bits per heavy atom. The van der Waals surface area contributed by atoms with Gasteiger partial charge in [0.25, 0.3) is 0 Å². The van der Waals surface area contributed by atoms with E-state index in [0.29, 0.717) is 17.4 Å². The first-order valence-corrected chi connectivity index (χ1v) is 7.09. The van der Waals surface area contributed by atoms with Gasteiger partial charge >= 0.3 is 0 Å². The summed E-state index contributed by atoms with van der Waals surface area (Å²) in [5, 5.41) is 3.37. The fourth-order valence-electron chi connectivity index (χ4n) is 2.58. The van der Waals surface area contributed by atoms with Crippen molar-refractivity contribution in [3.63, 3.8) is 0 Å². The Morgan fingerprint density at radius 3 is 2.65 bits per heavy atom. The van der Waals surface area contributed by atoms with Crippen LogP contribution in [0.3, 0.4) is 0 Å². The van der Waals surface area contributed by atoms with Gasteiger partial charge in [-0.2, -0.15) is 0 Å². The van der Waals surface area contributed by atoms with Crippen molar-refractivity contribution in [3.05, 3.63) is 6.33 Å². The Kier molecular flexibility index (Phi) is 5.37. The predicted octanol–water partition coefficient (Wildman–Crippen LogP) is 1.06. The fraction of sp³-hybridized carbons (Fsp3) is 0.692. The monoisotopic (exact) mass is 280 g/mol. The number of hydrogen-bond donors (Lipinski definition) is 3. The molecule has 1 atom stereocenters. The van der Waals surface area contributed by atoms with Crippen LogP contribution in [0.1, 0.15) is 26.2 Å². The van der Waals surface area contributed by atoms with Gasteiger partial charge in [-0.3, -0.25) is 0 Å². The molecule has 0 radical (unpaired) electrons. The van der Waals surface area contributed by atoms with Crippen molar-refractivity contribution >= 4 is 11.6 Å². The number of nitrogen functional groups attached to an aromatic ring is 1. The molecule has 1 aliphatic heterocycles. The third kappa shape index (κ3) is 3.71. The molecule has 7 heteroatoms. The third-order valence-electron chi connectivity index (χ3n) is 3.51. The molecule has 0 aliphatic carbocycles. The zero-order valence-corrected chi connectivity index (χ0v) is 12.2. The maximum atomic E-state index is 5.42. The number of likely N-dealkylation sites (tertiary alicyclic amines) is 1. The lowest BCUT2D eigenvalue weighted by molar-refractivity contribution is 0.223. The largest absolute Gasteiger partial charge is 0.490 e. The zero-order chi connectivity index (χ0) is 14.4. The molecule has 0 spiro atoms. The van der Waals surface area contributed by atoms with Crippen molar-refractivity contribution in [2.75, 3.05) is 37.5 Å². The minimum atomic E-state index is 0.280. The van der Waals surface area contributed by atoms with E-state index in [1.165, 1.54) is 38.7 Å². The van der Waals surface area contributed by atoms with Crippen LogP contribution in [0.15, 0.2) is 6.33 Å². The quantitative estimate of drug-likeness (QED) is 0.530. The number of hydrogen-bond acceptors (Lipinski definition) is 7. The van der Waals surface area contributed by atoms with Crippen molar-refractivity contribution in [2.24, 2.45) is 5.84 Å². The highest BCUT2D eigenvalue weighted by Crippen LogP contribution is 2.28. The fourth-order valence-corrected chi connectivity index (χ4v) is 2.58. The third-order valence-corrected chi connectivity index (χ3v) is 3.51. The number of ether oxygens (including phenoxy) is 1. The van der Waals surface area contributed by atoms with Crippen LogP contribution in [0.2, 0.25) is 0 Å². The van der Waals surface area contributed by atoms with Gasteiger partial charge in [-0.15, -0.1) is 0 Å². The predicted molar refractivity (Wildman–Crippen MR) is 79.8 cm³/mol. The number of anilines is 2. The minimum Gasteiger partial charge on any atom is -0.490 e. The Hall–Kier alpha value is -1.60. The molecule has 0 bridgehead atoms. The van der Waals surface area contributed by atoms with Gasteiger partial charge in [-0.05, 0) is 32.9 Å². The summed E-state index contributed by atoms with van der Waals surface area (Å²) in [6.45, 7) is 5.51. The Labute approximate surface area is 119 Å². The maximum absolute atomic E-state index is 5.42. The number of piperidine rings is 1. The molecular formula is C13H24N6O. The summed E-state index contributed by atoms with van der Waals surface area (Å²) in [5.74, 6) is 7.11. The maximum Gasteiger partial charge on any atom is 0.205 e. The molecule has 1 saturated heterocycles. The number of nitrogens with one attached hydrogen (secondary N) is 2. The molecule has 1 aliphatic rings. The molecular weight excluding hydrogens is 256 g/mol. The highest BCUT2D eigenvalue weighted by molar-refractivity contribution is 5.63. The summed E-state index contributed by atoms with van der Waals surface area (Å²) in [6, 6.07) is 0.280. The number of hydrazine groups is 1. The van der Waals surface area contributed by atoms with E-state index in [-0.39, 0.29) is 6.04 Å². The van der Waals surface area contributed by atoms with Crippen LogP contribution in [-0.2, 0) is 0 Å². The summed E-state index contributed by atoms with van der Waals surface area (Å²) in [7, 11) is 1.58. The van der Waals surface area contributed by atoms with Gasteiger partial charge in [-0.1, -0.05) is 6.42 Å². The normalized spacial score (nSPS) is 17.6. The smallest absolute Gasteiger partial charge is 0.205 e. The summed E-state index contributed by atoms with van der Waals surface area (Å²) in [6.07, 6.45) is 5.41. The first kappa shape index (κ1) is 14.8. The minimum absolute atomic E-state index is 0.280. The molecule has 1 aromatic heterocycles. The Balaban J connectivity index is 1.97. The van der Waals surface area contributed by atoms with Gasteiger partial charge in [0, 0.05) is 12.6 Å². The van der Waals surface area contributed by atoms with E-state index < -0.39 is 0 Å². The lowest BCUT2D eigenvalue weighted by atomic mass is 10.1. The molecule has 7 nitrogen and oxygen atoms in total. The standard InChI is InChI=1S/C13H24N6O/c1-10(8-19-6-4-3-5-7-19)17-12-11(20-2)13(18-14)16-9-15-12/h9-10H,3-8,14H2,1-2H3,(H2,15,16,17,18). The molecule has 1 fully saturated rings. The average Bonchev–Trinajstić information content (AvgIpc) is 2.47. The van der Waals surface area contributed by atoms with Crippen LogP contribution < -0.4 is 21.3 Å². The number of nitrogens with zero attached hydrogens (tertiary/aromatic N) is 3. The molecule has 2 heterocycles. The molecule has 1 unspecified atom stereocenters. The van der Waals surface area contributed by atoms with Crippen LogP contribution in [0, 0.1) is 0 Å². The number of methoxy groups -OCH3 is 1. The zero-order valence-electron chi connectivity index (χ0n) is 12.2. The first-order valence-electron chi connectivity index (χ1n) is 7.09. The van der Waals surface area contributed by atoms with Gasteiger partial charge in [-0.25, -0.2) is 15.8 Å². The second-order valence-electron chi connectivity index (χ2n) is 5.16. The van der Waals surface area contributed by atoms with E-state index in [1.54, 1.807) is 7.11 Å². The van der Waals surface area contributed by atoms with E-state index in [9.17, 15) is 0 Å². The molecule has 0 aromatic carbocycles. The molecule has 2 rings (SSSR count). The van der Waals surface area contributed by atoms with Crippen LogP contribution in [-0.4, -0.2) is 47.7 Å². The first-order chi connectivity index (χ1) is 9.74. The van der Waals surface area contributed by atoms with Crippen molar-refractivity contribution < 1.29 is 4.74 Å². The van der Waals surface area contributed by atoms with Crippen molar-refractivity contribution in [1.82, 2.24) is 14.9 Å². The lowest BCUT2D eigenvalue weighted by Crippen LogP contribution is -2.38. The van der Waals surface area contributed by atoms with Gasteiger partial charge in [0.1, 0.15) is 6.33 Å². The average molecular weight is 280 g/mol. The number of aromatic nitrogens is 2. The summed E-state index contributed by atoms with van der Waals surface area (Å²) in [5.41, 5.74) is 2.51. The highest BCUT2D eigenvalue weighted by Gasteiger charge is 2.16. The summed E-state index contributed by atoms with van der Waals surface area (Å²) >= 11 is 0. The SMILES string of the molecule is COc1c(NN)ncnc1NC(C)CN1CCCCC1. The molecule has 4 N–H and O–H groups in total. The Morgan fingerprint density at radius 2 is 2.00 bits per heavy atom. The lowest BCUT2D eigenvalue weighted by Gasteiger charge is -2.29. The van der Waals surface area contributed by atoms with Crippen LogP contribution in [0.25, 0.3) is 0 Å². The van der Waals surface area contributed by atoms with Crippen molar-refractivity contribution in [2.45, 2.75) is 32.2 Å². The van der Waals surface area contributed by atoms with Crippen LogP contribution in [0.5, 0.6) is 5.75 Å². The van der Waals surface area contributed by atoms with Crippen molar-refractivity contribution in [1.29, 1.82) is 0 Å². The number of nitrogens with two attached hydrogens (primary N) is 1. The van der Waals surface area contributed by atoms with Crippen LogP contribution >= 0.6 is 0 Å². The second-order valence-corrected chi connectivity index (χ2v) is 5.16. The Bertz CT molecular complexity index is 421. The molecule has 0 saturated carbocycles. The number of rotatable bonds is 6. The van der Waals surface area contributed by atoms with Crippen molar-refractivity contribution in [3.8, 4) is 5.75 Å². The molecule has 0 amide bonds. The van der Waals surface area contributed by atoms with E-state index >= 15 is 0 Å². The van der Waals surface area contributed by atoms with Gasteiger partial charge in [0.15, 0.2) is 11.6 Å². The van der Waals surface area contributed by atoms with Gasteiger partial charge in [0.05, 0.1) is 7.11 Å². The van der Waals surface area contributed by atoms with Gasteiger partial charge in [0.2, 0.25) is 5.75 Å². The van der Waals surface area contributed by atoms with Crippen LogP contribution in [0.4, 0.5) is 11.6 Å². The summed E-state index contributed by atoms with van der Waals surface area (Å²) < 4.78 is 5.31. The molecule has 20 heavy (non-hydrogen) atoms. The topological polar surface area (TPSA) is 88.3 Å². The van der Waals surface area contributed by atoms with E-state index in [2.05, 4.69) is 32.5 Å². The highest BCUT2D eigenvalue weighted by atomic mass is 16.5. The van der Waals surface area contributed by atoms with E-state index in [0.717, 1.165) is 6.54 Å². The second kappa shape index (κ2) is 7.25. The summed E-state index contributed by atoms with van der Waals surface area (Å²) in [4.78, 5) is 10.7. The molecule has 112 valence electrons. The van der Waals surface area contributed by atoms with E-state index in [1.807, 2.05) is 0 Å².